The number of carbonyl (C=O) groups is 2. The van der Waals surface area contributed by atoms with E-state index in [9.17, 15) is 14.7 Å². The SMILES string of the molecule is O=C(CC1(O)C(=O)N(CN2CCCCCC2)c2ccccc21)c1ccc2c(c1)OCCO2. The van der Waals surface area contributed by atoms with Gasteiger partial charge in [0.05, 0.1) is 18.8 Å². The lowest BCUT2D eigenvalue weighted by Gasteiger charge is -2.28. The lowest BCUT2D eigenvalue weighted by Crippen LogP contribution is -2.46. The maximum Gasteiger partial charge on any atom is 0.265 e. The van der Waals surface area contributed by atoms with Crippen LogP contribution >= 0.6 is 0 Å². The van der Waals surface area contributed by atoms with E-state index in [1.165, 1.54) is 12.8 Å². The van der Waals surface area contributed by atoms with Gasteiger partial charge in [-0.25, -0.2) is 0 Å². The largest absolute Gasteiger partial charge is 0.486 e. The molecule has 3 aliphatic rings. The van der Waals surface area contributed by atoms with E-state index < -0.39 is 11.5 Å². The van der Waals surface area contributed by atoms with Crippen molar-refractivity contribution in [3.05, 3.63) is 53.6 Å². The Morgan fingerprint density at radius 1 is 0.969 bits per heavy atom. The Labute approximate surface area is 187 Å². The van der Waals surface area contributed by atoms with Crippen molar-refractivity contribution in [3.63, 3.8) is 0 Å². The topological polar surface area (TPSA) is 79.3 Å². The van der Waals surface area contributed by atoms with Gasteiger partial charge in [-0.15, -0.1) is 0 Å². The molecule has 0 saturated carbocycles. The normalized spacial score (nSPS) is 23.0. The van der Waals surface area contributed by atoms with Gasteiger partial charge in [0.1, 0.15) is 13.2 Å². The highest BCUT2D eigenvalue weighted by atomic mass is 16.6. The molecule has 1 atom stereocenters. The third-order valence-corrected chi connectivity index (χ3v) is 6.56. The van der Waals surface area contributed by atoms with E-state index in [4.69, 9.17) is 9.47 Å². The Kier molecular flexibility index (Phi) is 5.61. The molecule has 1 amide bonds. The lowest BCUT2D eigenvalue weighted by atomic mass is 9.88. The molecule has 5 rings (SSSR count). The predicted octanol–water partition coefficient (Wildman–Crippen LogP) is 3.10. The molecular weight excluding hydrogens is 408 g/mol. The second-order valence-electron chi connectivity index (χ2n) is 8.74. The number of benzene rings is 2. The number of Topliss-reactive ketones (excluding diaryl/α,β-unsaturated/α-hetero) is 1. The highest BCUT2D eigenvalue weighted by Crippen LogP contribution is 2.43. The number of amides is 1. The van der Waals surface area contributed by atoms with Crippen molar-refractivity contribution in [2.45, 2.75) is 37.7 Å². The van der Waals surface area contributed by atoms with E-state index in [0.29, 0.717) is 48.2 Å². The minimum atomic E-state index is -1.88. The highest BCUT2D eigenvalue weighted by molar-refractivity contribution is 6.10. The molecule has 2 aromatic rings. The zero-order chi connectivity index (χ0) is 22.1. The molecule has 0 spiro atoms. The highest BCUT2D eigenvalue weighted by Gasteiger charge is 2.51. The first-order valence-corrected chi connectivity index (χ1v) is 11.4. The van der Waals surface area contributed by atoms with Crippen LogP contribution in [0.4, 0.5) is 5.69 Å². The average Bonchev–Trinajstić information content (AvgIpc) is 3.00. The second-order valence-corrected chi connectivity index (χ2v) is 8.74. The molecule has 7 nitrogen and oxygen atoms in total. The Bertz CT molecular complexity index is 1030. The molecule has 3 heterocycles. The number of hydrogen-bond acceptors (Lipinski definition) is 6. The maximum absolute atomic E-state index is 13.5. The van der Waals surface area contributed by atoms with Gasteiger partial charge in [0.2, 0.25) is 0 Å². The summed E-state index contributed by atoms with van der Waals surface area (Å²) < 4.78 is 11.1. The summed E-state index contributed by atoms with van der Waals surface area (Å²) in [7, 11) is 0. The van der Waals surface area contributed by atoms with Crippen molar-refractivity contribution in [3.8, 4) is 11.5 Å². The molecule has 2 aromatic carbocycles. The summed E-state index contributed by atoms with van der Waals surface area (Å²) in [4.78, 5) is 30.5. The van der Waals surface area contributed by atoms with Gasteiger partial charge in [-0.3, -0.25) is 19.4 Å². The van der Waals surface area contributed by atoms with Crippen LogP contribution in [0.25, 0.3) is 0 Å². The molecule has 32 heavy (non-hydrogen) atoms. The van der Waals surface area contributed by atoms with Gasteiger partial charge in [-0.2, -0.15) is 0 Å². The zero-order valence-electron chi connectivity index (χ0n) is 18.1. The van der Waals surface area contributed by atoms with E-state index in [1.54, 1.807) is 35.2 Å². The lowest BCUT2D eigenvalue weighted by molar-refractivity contribution is -0.136. The maximum atomic E-state index is 13.5. The van der Waals surface area contributed by atoms with E-state index >= 15 is 0 Å². The van der Waals surface area contributed by atoms with Crippen molar-refractivity contribution >= 4 is 17.4 Å². The molecule has 0 bridgehead atoms. The number of nitrogens with zero attached hydrogens (tertiary/aromatic N) is 2. The number of ketones is 1. The molecule has 1 saturated heterocycles. The van der Waals surface area contributed by atoms with Crippen molar-refractivity contribution in [2.75, 3.05) is 37.9 Å². The molecule has 7 heteroatoms. The standard InChI is InChI=1S/C25H28N2O5/c28-21(18-9-10-22-23(15-18)32-14-13-31-22)16-25(30)19-7-3-4-8-20(19)27(24(25)29)17-26-11-5-1-2-6-12-26/h3-4,7-10,15,30H,1-2,5-6,11-14,16-17H2. The fraction of sp³-hybridized carbons (Fsp3) is 0.440. The van der Waals surface area contributed by atoms with Crippen molar-refractivity contribution < 1.29 is 24.2 Å². The second kappa shape index (κ2) is 8.56. The van der Waals surface area contributed by atoms with Gasteiger partial charge in [-0.05, 0) is 50.2 Å². The van der Waals surface area contributed by atoms with Crippen molar-refractivity contribution in [1.29, 1.82) is 0 Å². The predicted molar refractivity (Wildman–Crippen MR) is 119 cm³/mol. The van der Waals surface area contributed by atoms with Crippen LogP contribution < -0.4 is 14.4 Å². The summed E-state index contributed by atoms with van der Waals surface area (Å²) in [6, 6.07) is 12.2. The molecule has 0 aliphatic carbocycles. The first-order chi connectivity index (χ1) is 15.6. The monoisotopic (exact) mass is 436 g/mol. The van der Waals surface area contributed by atoms with Gasteiger partial charge < -0.3 is 14.6 Å². The van der Waals surface area contributed by atoms with Crippen LogP contribution in [0.3, 0.4) is 0 Å². The molecule has 1 N–H and O–H groups in total. The Morgan fingerprint density at radius 2 is 1.69 bits per heavy atom. The summed E-state index contributed by atoms with van der Waals surface area (Å²) in [6.45, 7) is 3.18. The summed E-state index contributed by atoms with van der Waals surface area (Å²) in [5, 5.41) is 11.6. The van der Waals surface area contributed by atoms with Gasteiger partial charge in [-0.1, -0.05) is 31.0 Å². The number of anilines is 1. The van der Waals surface area contributed by atoms with Gasteiger partial charge in [0.25, 0.3) is 5.91 Å². The number of hydrogen-bond donors (Lipinski definition) is 1. The van der Waals surface area contributed by atoms with Gasteiger partial charge in [0.15, 0.2) is 22.9 Å². The fourth-order valence-electron chi connectivity index (χ4n) is 4.85. The minimum Gasteiger partial charge on any atom is -0.486 e. The van der Waals surface area contributed by atoms with E-state index in [-0.39, 0.29) is 12.2 Å². The van der Waals surface area contributed by atoms with Crippen LogP contribution in [-0.4, -0.2) is 54.7 Å². The molecule has 0 aromatic heterocycles. The number of para-hydroxylation sites is 1. The third kappa shape index (κ3) is 3.76. The Hall–Kier alpha value is -2.90. The summed E-state index contributed by atoms with van der Waals surface area (Å²) in [6.07, 6.45) is 4.30. The first-order valence-electron chi connectivity index (χ1n) is 11.4. The Morgan fingerprint density at radius 3 is 2.47 bits per heavy atom. The smallest absolute Gasteiger partial charge is 0.265 e. The van der Waals surface area contributed by atoms with E-state index in [0.717, 1.165) is 25.9 Å². The van der Waals surface area contributed by atoms with Crippen molar-refractivity contribution in [1.82, 2.24) is 4.90 Å². The van der Waals surface area contributed by atoms with Crippen molar-refractivity contribution in [2.24, 2.45) is 0 Å². The van der Waals surface area contributed by atoms with Crippen LogP contribution in [0.1, 0.15) is 48.0 Å². The molecular formula is C25H28N2O5. The average molecular weight is 437 g/mol. The molecule has 1 fully saturated rings. The van der Waals surface area contributed by atoms with Gasteiger partial charge in [0, 0.05) is 11.1 Å². The molecule has 0 radical (unpaired) electrons. The van der Waals surface area contributed by atoms with Crippen LogP contribution in [0.5, 0.6) is 11.5 Å². The van der Waals surface area contributed by atoms with Crippen LogP contribution in [0.15, 0.2) is 42.5 Å². The van der Waals surface area contributed by atoms with Crippen LogP contribution in [0.2, 0.25) is 0 Å². The quantitative estimate of drug-likeness (QED) is 0.726. The fourth-order valence-corrected chi connectivity index (χ4v) is 4.85. The van der Waals surface area contributed by atoms with Crippen LogP contribution in [-0.2, 0) is 10.4 Å². The Balaban J connectivity index is 1.40. The summed E-state index contributed by atoms with van der Waals surface area (Å²) in [5.74, 6) is 0.352. The summed E-state index contributed by atoms with van der Waals surface area (Å²) >= 11 is 0. The number of fused-ring (bicyclic) bond motifs is 2. The molecule has 168 valence electrons. The number of ether oxygens (including phenoxy) is 2. The minimum absolute atomic E-state index is 0.316. The number of carbonyl (C=O) groups excluding carboxylic acids is 2. The number of rotatable bonds is 5. The van der Waals surface area contributed by atoms with Crippen LogP contribution in [0, 0.1) is 0 Å². The summed E-state index contributed by atoms with van der Waals surface area (Å²) in [5.41, 5.74) is -0.323. The number of aliphatic hydroxyl groups is 1. The number of likely N-dealkylation sites (tertiary alicyclic amines) is 1. The molecule has 1 unspecified atom stereocenters. The van der Waals surface area contributed by atoms with E-state index in [1.807, 2.05) is 12.1 Å². The zero-order valence-corrected chi connectivity index (χ0v) is 18.1. The van der Waals surface area contributed by atoms with E-state index in [2.05, 4.69) is 4.90 Å². The third-order valence-electron chi connectivity index (χ3n) is 6.56. The van der Waals surface area contributed by atoms with Gasteiger partial charge >= 0.3 is 0 Å². The first kappa shape index (κ1) is 21.0. The molecule has 3 aliphatic heterocycles.